The van der Waals surface area contributed by atoms with Gasteiger partial charge in [-0.1, -0.05) is 12.2 Å². The standard InChI is InChI=1S/C11H14NO7P/c13-8-4-5-9(14)12(8)7-3-1-2-6-11(7,10(15)16)20(17,18)19/h1,3,7H,2,4-6H2,(H,15,16)(H2,17,18,19)/t7-,11+/m1/s1. The summed E-state index contributed by atoms with van der Waals surface area (Å²) >= 11 is 0. The zero-order valence-corrected chi connectivity index (χ0v) is 11.3. The largest absolute Gasteiger partial charge is 0.480 e. The first-order valence-corrected chi connectivity index (χ1v) is 7.63. The van der Waals surface area contributed by atoms with Crippen molar-refractivity contribution in [3.63, 3.8) is 0 Å². The van der Waals surface area contributed by atoms with Crippen molar-refractivity contribution in [2.45, 2.75) is 36.9 Å². The highest BCUT2D eigenvalue weighted by atomic mass is 31.2. The van der Waals surface area contributed by atoms with E-state index < -0.39 is 36.6 Å². The van der Waals surface area contributed by atoms with Gasteiger partial charge in [0.05, 0.1) is 6.04 Å². The molecule has 2 amide bonds. The fraction of sp³-hybridized carbons (Fsp3) is 0.545. The molecular formula is C11H14NO7P. The van der Waals surface area contributed by atoms with E-state index in [1.54, 1.807) is 0 Å². The van der Waals surface area contributed by atoms with Gasteiger partial charge in [-0.25, -0.2) is 0 Å². The van der Waals surface area contributed by atoms with Crippen LogP contribution in [0, 0.1) is 0 Å². The number of allylic oxidation sites excluding steroid dienone is 1. The lowest BCUT2D eigenvalue weighted by atomic mass is 9.87. The number of carbonyl (C=O) groups is 3. The van der Waals surface area contributed by atoms with Crippen molar-refractivity contribution in [1.29, 1.82) is 0 Å². The molecule has 0 saturated carbocycles. The first-order valence-electron chi connectivity index (χ1n) is 6.02. The molecule has 9 heteroatoms. The Morgan fingerprint density at radius 3 is 2.30 bits per heavy atom. The van der Waals surface area contributed by atoms with Crippen molar-refractivity contribution in [2.24, 2.45) is 0 Å². The van der Waals surface area contributed by atoms with Gasteiger partial charge in [-0.15, -0.1) is 0 Å². The molecule has 3 N–H and O–H groups in total. The van der Waals surface area contributed by atoms with Gasteiger partial charge in [0, 0.05) is 12.8 Å². The van der Waals surface area contributed by atoms with E-state index in [2.05, 4.69) is 0 Å². The van der Waals surface area contributed by atoms with Gasteiger partial charge in [-0.3, -0.25) is 23.8 Å². The molecule has 1 aliphatic carbocycles. The normalized spacial score (nSPS) is 30.9. The van der Waals surface area contributed by atoms with Crippen LogP contribution in [0.4, 0.5) is 0 Å². The summed E-state index contributed by atoms with van der Waals surface area (Å²) in [4.78, 5) is 54.7. The number of likely N-dealkylation sites (tertiary alicyclic amines) is 1. The Morgan fingerprint density at radius 2 is 1.85 bits per heavy atom. The quantitative estimate of drug-likeness (QED) is 0.375. The average Bonchev–Trinajstić information content (AvgIpc) is 2.67. The molecule has 2 rings (SSSR count). The molecule has 2 aliphatic rings. The molecular weight excluding hydrogens is 289 g/mol. The van der Waals surface area contributed by atoms with E-state index in [0.717, 1.165) is 0 Å². The highest BCUT2D eigenvalue weighted by Gasteiger charge is 2.62. The number of hydrogen-bond donors (Lipinski definition) is 3. The maximum absolute atomic E-state index is 11.8. The molecule has 0 aromatic heterocycles. The van der Waals surface area contributed by atoms with Crippen molar-refractivity contribution in [2.75, 3.05) is 0 Å². The summed E-state index contributed by atoms with van der Waals surface area (Å²) < 4.78 is 11.8. The number of carbonyl (C=O) groups excluding carboxylic acids is 2. The van der Waals surface area contributed by atoms with Crippen molar-refractivity contribution in [1.82, 2.24) is 4.90 Å². The maximum Gasteiger partial charge on any atom is 0.345 e. The number of rotatable bonds is 3. The number of amides is 2. The first-order chi connectivity index (χ1) is 9.22. The minimum absolute atomic E-state index is 0.0694. The highest BCUT2D eigenvalue weighted by Crippen LogP contribution is 2.58. The average molecular weight is 303 g/mol. The molecule has 0 bridgehead atoms. The highest BCUT2D eigenvalue weighted by molar-refractivity contribution is 7.55. The van der Waals surface area contributed by atoms with Gasteiger partial charge in [-0.05, 0) is 12.8 Å². The second-order valence-corrected chi connectivity index (χ2v) is 6.73. The third-order valence-electron chi connectivity index (χ3n) is 3.76. The van der Waals surface area contributed by atoms with E-state index in [4.69, 9.17) is 0 Å². The predicted molar refractivity (Wildman–Crippen MR) is 65.7 cm³/mol. The summed E-state index contributed by atoms with van der Waals surface area (Å²) in [6.45, 7) is 0. The third-order valence-corrected chi connectivity index (χ3v) is 5.48. The summed E-state index contributed by atoms with van der Waals surface area (Å²) in [6.07, 6.45) is 2.45. The van der Waals surface area contributed by atoms with E-state index in [9.17, 15) is 33.8 Å². The van der Waals surface area contributed by atoms with Crippen LogP contribution in [0.15, 0.2) is 12.2 Å². The summed E-state index contributed by atoms with van der Waals surface area (Å²) in [5.41, 5.74) is 0. The SMILES string of the molecule is O=C1CCC(=O)N1[C@@H]1C=CCC[C@]1(C(=O)O)P(=O)(O)O. The van der Waals surface area contributed by atoms with Crippen molar-refractivity contribution in [3.05, 3.63) is 12.2 Å². The van der Waals surface area contributed by atoms with Crippen molar-refractivity contribution < 1.29 is 33.8 Å². The van der Waals surface area contributed by atoms with Crippen LogP contribution in [0.3, 0.4) is 0 Å². The Hall–Kier alpha value is -1.50. The van der Waals surface area contributed by atoms with E-state index in [0.29, 0.717) is 4.90 Å². The Bertz CT molecular complexity index is 535. The summed E-state index contributed by atoms with van der Waals surface area (Å²) in [5.74, 6) is -2.91. The van der Waals surface area contributed by atoms with E-state index >= 15 is 0 Å². The lowest BCUT2D eigenvalue weighted by Crippen LogP contribution is -2.58. The Balaban J connectivity index is 2.58. The third kappa shape index (κ3) is 2.00. The molecule has 8 nitrogen and oxygen atoms in total. The van der Waals surface area contributed by atoms with Crippen LogP contribution >= 0.6 is 7.60 Å². The number of nitrogens with zero attached hydrogens (tertiary/aromatic N) is 1. The Morgan fingerprint density at radius 1 is 1.30 bits per heavy atom. The minimum atomic E-state index is -5.09. The molecule has 1 aliphatic heterocycles. The number of hydrogen-bond acceptors (Lipinski definition) is 4. The van der Waals surface area contributed by atoms with Crippen LogP contribution in [0.25, 0.3) is 0 Å². The van der Waals surface area contributed by atoms with Gasteiger partial charge < -0.3 is 14.9 Å². The Labute approximate surface area is 114 Å². The van der Waals surface area contributed by atoms with Gasteiger partial charge in [0.25, 0.3) is 0 Å². The summed E-state index contributed by atoms with van der Waals surface area (Å²) in [6, 6.07) is -1.45. The monoisotopic (exact) mass is 303 g/mol. The fourth-order valence-electron chi connectivity index (χ4n) is 2.72. The van der Waals surface area contributed by atoms with Crippen LogP contribution in [0.1, 0.15) is 25.7 Å². The first kappa shape index (κ1) is 14.9. The van der Waals surface area contributed by atoms with Crippen LogP contribution in [-0.4, -0.2) is 48.8 Å². The molecule has 2 atom stereocenters. The molecule has 0 aromatic rings. The number of imide groups is 1. The lowest BCUT2D eigenvalue weighted by Gasteiger charge is -2.41. The summed E-state index contributed by atoms with van der Waals surface area (Å²) in [7, 11) is -5.09. The van der Waals surface area contributed by atoms with Gasteiger partial charge in [0.15, 0.2) is 5.16 Å². The van der Waals surface area contributed by atoms with Crippen LogP contribution in [-0.2, 0) is 18.9 Å². The van der Waals surface area contributed by atoms with Gasteiger partial charge >= 0.3 is 13.6 Å². The second kappa shape index (κ2) is 4.80. The molecule has 110 valence electrons. The van der Waals surface area contributed by atoms with Crippen LogP contribution in [0.5, 0.6) is 0 Å². The fourth-order valence-corrected chi connectivity index (χ4v) is 3.93. The second-order valence-electron chi connectivity index (χ2n) is 4.84. The van der Waals surface area contributed by atoms with E-state index in [1.807, 2.05) is 0 Å². The molecule has 0 unspecified atom stereocenters. The predicted octanol–water partition coefficient (Wildman–Crippen LogP) is -0.145. The molecule has 0 spiro atoms. The number of aliphatic carboxylic acids is 1. The Kier molecular flexibility index (Phi) is 3.58. The molecule has 20 heavy (non-hydrogen) atoms. The molecule has 1 heterocycles. The summed E-state index contributed by atoms with van der Waals surface area (Å²) in [5, 5.41) is 6.89. The van der Waals surface area contributed by atoms with Crippen molar-refractivity contribution in [3.8, 4) is 0 Å². The minimum Gasteiger partial charge on any atom is -0.480 e. The van der Waals surface area contributed by atoms with E-state index in [1.165, 1.54) is 12.2 Å². The van der Waals surface area contributed by atoms with Gasteiger partial charge in [-0.2, -0.15) is 0 Å². The molecule has 0 aromatic carbocycles. The van der Waals surface area contributed by atoms with Gasteiger partial charge in [0.2, 0.25) is 11.8 Å². The van der Waals surface area contributed by atoms with Crippen LogP contribution < -0.4 is 0 Å². The van der Waals surface area contributed by atoms with Crippen molar-refractivity contribution >= 4 is 25.4 Å². The van der Waals surface area contributed by atoms with E-state index in [-0.39, 0.29) is 25.7 Å². The topological polar surface area (TPSA) is 132 Å². The van der Waals surface area contributed by atoms with Crippen LogP contribution in [0.2, 0.25) is 0 Å². The lowest BCUT2D eigenvalue weighted by molar-refractivity contribution is -0.147. The number of carboxylic acid groups (broad SMARTS) is 1. The zero-order valence-electron chi connectivity index (χ0n) is 10.4. The maximum atomic E-state index is 11.8. The molecule has 1 saturated heterocycles. The zero-order chi connectivity index (χ0) is 15.1. The number of carboxylic acids is 1. The molecule has 0 radical (unpaired) electrons. The smallest absolute Gasteiger partial charge is 0.345 e. The van der Waals surface area contributed by atoms with Gasteiger partial charge in [0.1, 0.15) is 0 Å². The molecule has 1 fully saturated rings.